The third kappa shape index (κ3) is 2.48. The predicted octanol–water partition coefficient (Wildman–Crippen LogP) is 7.26. The largest absolute Gasteiger partial charge is 0.484 e. The first-order chi connectivity index (χ1) is 14.4. The zero-order chi connectivity index (χ0) is 19.2. The fourth-order valence-corrected chi connectivity index (χ4v) is 4.82. The van der Waals surface area contributed by atoms with Gasteiger partial charge in [-0.25, -0.2) is 0 Å². The van der Waals surface area contributed by atoms with Crippen molar-refractivity contribution in [2.75, 3.05) is 0 Å². The number of benzene rings is 5. The second-order valence-electron chi connectivity index (χ2n) is 7.67. The van der Waals surface area contributed by atoms with Gasteiger partial charge in [-0.3, -0.25) is 0 Å². The third-order valence-corrected chi connectivity index (χ3v) is 6.07. The summed E-state index contributed by atoms with van der Waals surface area (Å²) in [5.74, 6) is 1.19. The quantitative estimate of drug-likeness (QED) is 0.296. The minimum atomic E-state index is -0.0391. The molecule has 0 saturated carbocycles. The van der Waals surface area contributed by atoms with Crippen LogP contribution in [0.3, 0.4) is 0 Å². The number of fused-ring (bicyclic) bond motifs is 6. The van der Waals surface area contributed by atoms with Crippen molar-refractivity contribution in [1.82, 2.24) is 0 Å². The van der Waals surface area contributed by atoms with Gasteiger partial charge in [0.2, 0.25) is 0 Å². The molecule has 0 N–H and O–H groups in total. The van der Waals surface area contributed by atoms with E-state index >= 15 is 0 Å². The van der Waals surface area contributed by atoms with Gasteiger partial charge in [-0.1, -0.05) is 109 Å². The van der Waals surface area contributed by atoms with Gasteiger partial charge in [0.25, 0.3) is 0 Å². The summed E-state index contributed by atoms with van der Waals surface area (Å²) >= 11 is 0. The van der Waals surface area contributed by atoms with E-state index in [-0.39, 0.29) is 12.0 Å². The molecule has 1 heterocycles. The summed E-state index contributed by atoms with van der Waals surface area (Å²) in [7, 11) is 0. The highest BCUT2D eigenvalue weighted by molar-refractivity contribution is 6.13. The van der Waals surface area contributed by atoms with Crippen LogP contribution < -0.4 is 4.74 Å². The summed E-state index contributed by atoms with van der Waals surface area (Å²) < 4.78 is 6.78. The van der Waals surface area contributed by atoms with E-state index in [0.717, 1.165) is 5.75 Å². The van der Waals surface area contributed by atoms with Crippen LogP contribution >= 0.6 is 0 Å². The lowest BCUT2D eigenvalue weighted by atomic mass is 9.82. The van der Waals surface area contributed by atoms with Gasteiger partial charge in [-0.05, 0) is 27.3 Å². The Hall–Kier alpha value is -3.58. The van der Waals surface area contributed by atoms with Crippen molar-refractivity contribution in [3.05, 3.63) is 126 Å². The summed E-state index contributed by atoms with van der Waals surface area (Å²) in [6.07, 6.45) is -0.0391. The molecule has 0 amide bonds. The van der Waals surface area contributed by atoms with Gasteiger partial charge in [0.15, 0.2) is 0 Å². The fraction of sp³-hybridized carbons (Fsp3) is 0.0714. The van der Waals surface area contributed by atoms with Crippen LogP contribution in [0.15, 0.2) is 109 Å². The maximum atomic E-state index is 6.78. The van der Waals surface area contributed by atoms with Crippen LogP contribution in [0.25, 0.3) is 21.5 Å². The first kappa shape index (κ1) is 16.4. The van der Waals surface area contributed by atoms with Crippen molar-refractivity contribution >= 4 is 21.5 Å². The Morgan fingerprint density at radius 3 is 1.59 bits per heavy atom. The van der Waals surface area contributed by atoms with E-state index in [4.69, 9.17) is 4.74 Å². The molecule has 138 valence electrons. The molecule has 2 atom stereocenters. The van der Waals surface area contributed by atoms with Crippen molar-refractivity contribution in [1.29, 1.82) is 0 Å². The molecule has 1 aliphatic heterocycles. The average molecular weight is 372 g/mol. The van der Waals surface area contributed by atoms with Gasteiger partial charge in [-0.15, -0.1) is 0 Å². The molecule has 0 aliphatic carbocycles. The number of ether oxygens (including phenoxy) is 1. The van der Waals surface area contributed by atoms with E-state index in [1.807, 2.05) is 0 Å². The molecular formula is C28H20O. The summed E-state index contributed by atoms with van der Waals surface area (Å²) in [5, 5.41) is 5.02. The lowest BCUT2D eigenvalue weighted by Gasteiger charge is -2.20. The molecule has 1 aliphatic rings. The van der Waals surface area contributed by atoms with Crippen molar-refractivity contribution in [3.8, 4) is 5.75 Å². The SMILES string of the molecule is c1ccc([C@@H]2c3c(c4ccccc4c4ccccc34)O[C@@H]2c2ccccc2)cc1. The highest BCUT2D eigenvalue weighted by Crippen LogP contribution is 2.55. The van der Waals surface area contributed by atoms with E-state index in [9.17, 15) is 0 Å². The van der Waals surface area contributed by atoms with Crippen LogP contribution in [0, 0.1) is 0 Å². The normalized spacial score (nSPS) is 17.9. The summed E-state index contributed by atoms with van der Waals surface area (Å²) in [6.45, 7) is 0. The Labute approximate surface area is 170 Å². The topological polar surface area (TPSA) is 9.23 Å². The van der Waals surface area contributed by atoms with Gasteiger partial charge in [-0.2, -0.15) is 0 Å². The van der Waals surface area contributed by atoms with Crippen LogP contribution in [0.5, 0.6) is 5.75 Å². The molecular weight excluding hydrogens is 352 g/mol. The Morgan fingerprint density at radius 1 is 0.448 bits per heavy atom. The third-order valence-electron chi connectivity index (χ3n) is 6.07. The molecule has 1 nitrogen and oxygen atoms in total. The molecule has 0 saturated heterocycles. The van der Waals surface area contributed by atoms with Gasteiger partial charge in [0.1, 0.15) is 11.9 Å². The molecule has 0 radical (unpaired) electrons. The van der Waals surface area contributed by atoms with Crippen LogP contribution in [0.4, 0.5) is 0 Å². The molecule has 0 aromatic heterocycles. The van der Waals surface area contributed by atoms with Crippen molar-refractivity contribution < 1.29 is 4.74 Å². The molecule has 29 heavy (non-hydrogen) atoms. The minimum Gasteiger partial charge on any atom is -0.484 e. The second kappa shape index (κ2) is 6.49. The smallest absolute Gasteiger partial charge is 0.135 e. The molecule has 0 fully saturated rings. The lowest BCUT2D eigenvalue weighted by molar-refractivity contribution is 0.224. The number of hydrogen-bond donors (Lipinski definition) is 0. The van der Waals surface area contributed by atoms with E-state index in [1.165, 1.54) is 38.2 Å². The van der Waals surface area contributed by atoms with E-state index in [1.54, 1.807) is 0 Å². The van der Waals surface area contributed by atoms with E-state index in [2.05, 4.69) is 109 Å². The number of rotatable bonds is 2. The zero-order valence-electron chi connectivity index (χ0n) is 16.0. The monoisotopic (exact) mass is 372 g/mol. The Kier molecular flexibility index (Phi) is 3.67. The Bertz CT molecular complexity index is 1320. The molecule has 6 rings (SSSR count). The van der Waals surface area contributed by atoms with Crippen LogP contribution in [-0.2, 0) is 0 Å². The van der Waals surface area contributed by atoms with E-state index in [0.29, 0.717) is 0 Å². The molecule has 0 spiro atoms. The average Bonchev–Trinajstić information content (AvgIpc) is 3.22. The summed E-state index contributed by atoms with van der Waals surface area (Å²) in [4.78, 5) is 0. The predicted molar refractivity (Wildman–Crippen MR) is 120 cm³/mol. The van der Waals surface area contributed by atoms with Crippen molar-refractivity contribution in [2.24, 2.45) is 0 Å². The van der Waals surface area contributed by atoms with Gasteiger partial charge >= 0.3 is 0 Å². The fourth-order valence-electron chi connectivity index (χ4n) is 4.82. The highest BCUT2D eigenvalue weighted by atomic mass is 16.5. The van der Waals surface area contributed by atoms with Gasteiger partial charge in [0, 0.05) is 10.9 Å². The molecule has 0 unspecified atom stereocenters. The maximum Gasteiger partial charge on any atom is 0.135 e. The maximum absolute atomic E-state index is 6.78. The van der Waals surface area contributed by atoms with Gasteiger partial charge < -0.3 is 4.74 Å². The number of hydrogen-bond acceptors (Lipinski definition) is 1. The molecule has 0 bridgehead atoms. The summed E-state index contributed by atoms with van der Waals surface area (Å²) in [5.41, 5.74) is 3.81. The standard InChI is InChI=1S/C28H20O/c1-3-11-19(12-4-1)25-26-23-17-9-7-15-21(23)22-16-8-10-18-24(22)28(26)29-27(25)20-13-5-2-6-14-20/h1-18,25,27H/t25-,27-/m1/s1. The highest BCUT2D eigenvalue weighted by Gasteiger charge is 2.39. The molecule has 5 aromatic carbocycles. The van der Waals surface area contributed by atoms with Gasteiger partial charge in [0.05, 0.1) is 5.92 Å². The van der Waals surface area contributed by atoms with Crippen LogP contribution in [-0.4, -0.2) is 0 Å². The lowest BCUT2D eigenvalue weighted by Crippen LogP contribution is -2.11. The first-order valence-electron chi connectivity index (χ1n) is 10.1. The van der Waals surface area contributed by atoms with Crippen molar-refractivity contribution in [3.63, 3.8) is 0 Å². The molecule has 1 heteroatoms. The Morgan fingerprint density at radius 2 is 0.931 bits per heavy atom. The van der Waals surface area contributed by atoms with E-state index < -0.39 is 0 Å². The van der Waals surface area contributed by atoms with Crippen LogP contribution in [0.1, 0.15) is 28.7 Å². The Balaban J connectivity index is 1.72. The first-order valence-corrected chi connectivity index (χ1v) is 10.1. The minimum absolute atomic E-state index is 0.0391. The second-order valence-corrected chi connectivity index (χ2v) is 7.67. The summed E-state index contributed by atoms with van der Waals surface area (Å²) in [6, 6.07) is 38.7. The van der Waals surface area contributed by atoms with Crippen molar-refractivity contribution in [2.45, 2.75) is 12.0 Å². The van der Waals surface area contributed by atoms with Crippen LogP contribution in [0.2, 0.25) is 0 Å². The molecule has 5 aromatic rings. The zero-order valence-corrected chi connectivity index (χ0v) is 16.0.